The molecule has 1 amide bonds. The van der Waals surface area contributed by atoms with Gasteiger partial charge in [0.1, 0.15) is 11.4 Å². The third-order valence-corrected chi connectivity index (χ3v) is 3.49. The molecule has 19 heavy (non-hydrogen) atoms. The maximum Gasteiger partial charge on any atom is 0.282 e. The van der Waals surface area contributed by atoms with Gasteiger partial charge in [-0.1, -0.05) is 6.92 Å². The SMILES string of the molecule is CCC1CCCN1C(=O)c1cc(F)ccc1[N+](=O)[O-]. The third kappa shape index (κ3) is 2.57. The lowest BCUT2D eigenvalue weighted by atomic mass is 10.1. The zero-order valence-corrected chi connectivity index (χ0v) is 10.6. The average molecular weight is 266 g/mol. The first-order valence-electron chi connectivity index (χ1n) is 6.29. The molecule has 102 valence electrons. The van der Waals surface area contributed by atoms with Gasteiger partial charge in [0, 0.05) is 18.7 Å². The number of nitro groups is 1. The van der Waals surface area contributed by atoms with Crippen LogP contribution in [0.1, 0.15) is 36.5 Å². The van der Waals surface area contributed by atoms with Gasteiger partial charge in [0.15, 0.2) is 0 Å². The molecule has 5 nitrogen and oxygen atoms in total. The second kappa shape index (κ2) is 5.34. The van der Waals surface area contributed by atoms with Gasteiger partial charge in [-0.15, -0.1) is 0 Å². The first kappa shape index (κ1) is 13.5. The van der Waals surface area contributed by atoms with Crippen molar-refractivity contribution in [1.29, 1.82) is 0 Å². The zero-order valence-electron chi connectivity index (χ0n) is 10.6. The van der Waals surface area contributed by atoms with Crippen molar-refractivity contribution in [2.75, 3.05) is 6.54 Å². The Morgan fingerprint density at radius 3 is 2.95 bits per heavy atom. The molecule has 2 rings (SSSR count). The smallest absolute Gasteiger partial charge is 0.282 e. The number of likely N-dealkylation sites (tertiary alicyclic amines) is 1. The highest BCUT2D eigenvalue weighted by atomic mass is 19.1. The monoisotopic (exact) mass is 266 g/mol. The highest BCUT2D eigenvalue weighted by Crippen LogP contribution is 2.26. The van der Waals surface area contributed by atoms with Crippen LogP contribution in [0.2, 0.25) is 0 Å². The normalized spacial score (nSPS) is 18.6. The molecule has 1 aliphatic heterocycles. The second-order valence-corrected chi connectivity index (χ2v) is 4.62. The van der Waals surface area contributed by atoms with E-state index < -0.39 is 16.6 Å². The molecule has 1 aliphatic rings. The Morgan fingerprint density at radius 2 is 2.32 bits per heavy atom. The summed E-state index contributed by atoms with van der Waals surface area (Å²) in [5.41, 5.74) is -0.501. The van der Waals surface area contributed by atoms with E-state index in [2.05, 4.69) is 0 Å². The topological polar surface area (TPSA) is 63.5 Å². The number of amides is 1. The van der Waals surface area contributed by atoms with Crippen molar-refractivity contribution in [2.45, 2.75) is 32.2 Å². The van der Waals surface area contributed by atoms with Crippen molar-refractivity contribution in [3.05, 3.63) is 39.7 Å². The summed E-state index contributed by atoms with van der Waals surface area (Å²) >= 11 is 0. The number of nitrogens with zero attached hydrogens (tertiary/aromatic N) is 2. The number of halogens is 1. The van der Waals surface area contributed by atoms with Gasteiger partial charge in [-0.25, -0.2) is 4.39 Å². The van der Waals surface area contributed by atoms with E-state index in [-0.39, 0.29) is 17.3 Å². The molecule has 0 spiro atoms. The lowest BCUT2D eigenvalue weighted by Gasteiger charge is -2.23. The van der Waals surface area contributed by atoms with Crippen molar-refractivity contribution in [3.63, 3.8) is 0 Å². The predicted octanol–water partition coefficient (Wildman–Crippen LogP) is 2.75. The maximum absolute atomic E-state index is 13.2. The number of hydrogen-bond acceptors (Lipinski definition) is 3. The summed E-state index contributed by atoms with van der Waals surface area (Å²) in [7, 11) is 0. The van der Waals surface area contributed by atoms with Gasteiger partial charge >= 0.3 is 0 Å². The van der Waals surface area contributed by atoms with Crippen LogP contribution in [-0.2, 0) is 0 Å². The predicted molar refractivity (Wildman–Crippen MR) is 67.4 cm³/mol. The lowest BCUT2D eigenvalue weighted by molar-refractivity contribution is -0.385. The molecule has 0 saturated carbocycles. The molecule has 1 unspecified atom stereocenters. The van der Waals surface area contributed by atoms with Gasteiger partial charge in [-0.3, -0.25) is 14.9 Å². The van der Waals surface area contributed by atoms with Gasteiger partial charge in [-0.2, -0.15) is 0 Å². The fourth-order valence-electron chi connectivity index (χ4n) is 2.52. The van der Waals surface area contributed by atoms with Crippen molar-refractivity contribution in [3.8, 4) is 0 Å². The summed E-state index contributed by atoms with van der Waals surface area (Å²) in [4.78, 5) is 24.2. The van der Waals surface area contributed by atoms with E-state index in [1.165, 1.54) is 0 Å². The van der Waals surface area contributed by atoms with Crippen LogP contribution < -0.4 is 0 Å². The molecule has 0 aromatic heterocycles. The minimum absolute atomic E-state index is 0.0929. The zero-order chi connectivity index (χ0) is 14.0. The number of nitro benzene ring substituents is 1. The summed E-state index contributed by atoms with van der Waals surface area (Å²) in [6.07, 6.45) is 2.58. The fraction of sp³-hybridized carbons (Fsp3) is 0.462. The number of rotatable bonds is 3. The van der Waals surface area contributed by atoms with E-state index in [0.717, 1.165) is 37.5 Å². The van der Waals surface area contributed by atoms with Crippen LogP contribution in [0, 0.1) is 15.9 Å². The van der Waals surface area contributed by atoms with Crippen LogP contribution in [0.3, 0.4) is 0 Å². The van der Waals surface area contributed by atoms with Crippen molar-refractivity contribution >= 4 is 11.6 Å². The van der Waals surface area contributed by atoms with Crippen LogP contribution in [0.4, 0.5) is 10.1 Å². The number of carbonyl (C=O) groups is 1. The van der Waals surface area contributed by atoms with Crippen LogP contribution in [0.5, 0.6) is 0 Å². The fourth-order valence-corrected chi connectivity index (χ4v) is 2.52. The Balaban J connectivity index is 2.37. The molecule has 1 aromatic carbocycles. The Hall–Kier alpha value is -1.98. The molecule has 1 aromatic rings. The molecule has 0 aliphatic carbocycles. The highest BCUT2D eigenvalue weighted by molar-refractivity contribution is 5.98. The van der Waals surface area contributed by atoms with E-state index >= 15 is 0 Å². The van der Waals surface area contributed by atoms with Crippen molar-refractivity contribution in [1.82, 2.24) is 4.90 Å². The van der Waals surface area contributed by atoms with Gasteiger partial charge < -0.3 is 4.90 Å². The standard InChI is InChI=1S/C13H15FN2O3/c1-2-10-4-3-7-15(10)13(17)11-8-9(14)5-6-12(11)16(18)19/h5-6,8,10H,2-4,7H2,1H3. The molecular weight excluding hydrogens is 251 g/mol. The summed E-state index contributed by atoms with van der Waals surface area (Å²) in [5.74, 6) is -1.09. The van der Waals surface area contributed by atoms with E-state index in [4.69, 9.17) is 0 Å². The van der Waals surface area contributed by atoms with E-state index in [1.54, 1.807) is 4.90 Å². The Kier molecular flexibility index (Phi) is 3.78. The molecule has 0 bridgehead atoms. The maximum atomic E-state index is 13.2. The third-order valence-electron chi connectivity index (χ3n) is 3.49. The van der Waals surface area contributed by atoms with E-state index in [9.17, 15) is 19.3 Å². The van der Waals surface area contributed by atoms with Gasteiger partial charge in [0.05, 0.1) is 4.92 Å². The van der Waals surface area contributed by atoms with Gasteiger partial charge in [-0.05, 0) is 31.4 Å². The molecule has 6 heteroatoms. The van der Waals surface area contributed by atoms with Crippen LogP contribution in [0.15, 0.2) is 18.2 Å². The minimum Gasteiger partial charge on any atom is -0.335 e. The van der Waals surface area contributed by atoms with Crippen LogP contribution in [-0.4, -0.2) is 28.3 Å². The molecule has 1 heterocycles. The first-order chi connectivity index (χ1) is 9.04. The molecular formula is C13H15FN2O3. The molecule has 1 saturated heterocycles. The van der Waals surface area contributed by atoms with Gasteiger partial charge in [0.2, 0.25) is 0 Å². The number of carbonyl (C=O) groups excluding carboxylic acids is 1. The minimum atomic E-state index is -0.649. The summed E-state index contributed by atoms with van der Waals surface area (Å²) in [6, 6.07) is 3.08. The largest absolute Gasteiger partial charge is 0.335 e. The van der Waals surface area contributed by atoms with Crippen molar-refractivity contribution in [2.24, 2.45) is 0 Å². The molecule has 0 N–H and O–H groups in total. The molecule has 1 fully saturated rings. The lowest BCUT2D eigenvalue weighted by Crippen LogP contribution is -2.35. The average Bonchev–Trinajstić information content (AvgIpc) is 2.85. The highest BCUT2D eigenvalue weighted by Gasteiger charge is 2.32. The Labute approximate surface area is 110 Å². The molecule has 0 radical (unpaired) electrons. The Morgan fingerprint density at radius 1 is 1.58 bits per heavy atom. The Bertz CT molecular complexity index is 519. The molecule has 1 atom stereocenters. The number of hydrogen-bond donors (Lipinski definition) is 0. The quantitative estimate of drug-likeness (QED) is 0.624. The summed E-state index contributed by atoms with van der Waals surface area (Å²) in [6.45, 7) is 2.54. The summed E-state index contributed by atoms with van der Waals surface area (Å²) in [5, 5.41) is 10.9. The van der Waals surface area contributed by atoms with Crippen LogP contribution in [0.25, 0.3) is 0 Å². The van der Waals surface area contributed by atoms with E-state index in [1.807, 2.05) is 6.92 Å². The second-order valence-electron chi connectivity index (χ2n) is 4.62. The number of benzene rings is 1. The van der Waals surface area contributed by atoms with Gasteiger partial charge in [0.25, 0.3) is 11.6 Å². The van der Waals surface area contributed by atoms with Crippen molar-refractivity contribution < 1.29 is 14.1 Å². The van der Waals surface area contributed by atoms with E-state index in [0.29, 0.717) is 6.54 Å². The first-order valence-corrected chi connectivity index (χ1v) is 6.29. The van der Waals surface area contributed by atoms with Crippen LogP contribution >= 0.6 is 0 Å². The summed E-state index contributed by atoms with van der Waals surface area (Å²) < 4.78 is 13.2.